The highest BCUT2D eigenvalue weighted by Crippen LogP contribution is 2.25. The summed E-state index contributed by atoms with van der Waals surface area (Å²) in [4.78, 5) is 4.11. The van der Waals surface area contributed by atoms with Gasteiger partial charge in [0.15, 0.2) is 12.0 Å². The molecule has 0 N–H and O–H groups in total. The summed E-state index contributed by atoms with van der Waals surface area (Å²) >= 11 is 0. The monoisotopic (exact) mass is 239 g/mol. The Morgan fingerprint density at radius 2 is 1.83 bits per heavy atom. The second-order valence-corrected chi connectivity index (χ2v) is 3.99. The topological polar surface area (TPSA) is 35.3 Å². The number of hydrogen-bond donors (Lipinski definition) is 0. The summed E-state index contributed by atoms with van der Waals surface area (Å²) in [7, 11) is 0. The molecule has 18 heavy (non-hydrogen) atoms. The minimum atomic E-state index is 0.684. The van der Waals surface area contributed by atoms with E-state index in [-0.39, 0.29) is 0 Å². The standard InChI is InChI=1S/C15H13NO2/c1-2-17-13-6-3-11(4-7-13)12-5-8-14-15(9-12)18-10-16-14/h3-10H,2H2,1H3. The predicted molar refractivity (Wildman–Crippen MR) is 70.6 cm³/mol. The number of rotatable bonds is 3. The fraction of sp³-hybridized carbons (Fsp3) is 0.133. The van der Waals surface area contributed by atoms with Crippen LogP contribution in [-0.2, 0) is 0 Å². The molecule has 3 rings (SSSR count). The molecule has 0 radical (unpaired) electrons. The Morgan fingerprint density at radius 3 is 2.61 bits per heavy atom. The molecule has 2 aromatic carbocycles. The van der Waals surface area contributed by atoms with Gasteiger partial charge in [-0.3, -0.25) is 0 Å². The molecule has 0 aliphatic rings. The third-order valence-corrected chi connectivity index (χ3v) is 2.83. The third-order valence-electron chi connectivity index (χ3n) is 2.83. The van der Waals surface area contributed by atoms with Gasteiger partial charge in [-0.1, -0.05) is 18.2 Å². The SMILES string of the molecule is CCOc1ccc(-c2ccc3ncoc3c2)cc1. The van der Waals surface area contributed by atoms with Crippen molar-refractivity contribution in [2.45, 2.75) is 6.92 Å². The number of ether oxygens (including phenoxy) is 1. The highest BCUT2D eigenvalue weighted by Gasteiger charge is 2.03. The zero-order valence-electron chi connectivity index (χ0n) is 10.1. The van der Waals surface area contributed by atoms with Crippen LogP contribution >= 0.6 is 0 Å². The summed E-state index contributed by atoms with van der Waals surface area (Å²) in [6, 6.07) is 14.0. The predicted octanol–water partition coefficient (Wildman–Crippen LogP) is 3.89. The zero-order valence-corrected chi connectivity index (χ0v) is 10.1. The number of hydrogen-bond acceptors (Lipinski definition) is 3. The van der Waals surface area contributed by atoms with Crippen molar-refractivity contribution < 1.29 is 9.15 Å². The lowest BCUT2D eigenvalue weighted by molar-refractivity contribution is 0.340. The average molecular weight is 239 g/mol. The fourth-order valence-corrected chi connectivity index (χ4v) is 1.94. The molecule has 0 fully saturated rings. The van der Waals surface area contributed by atoms with Crippen molar-refractivity contribution in [2.24, 2.45) is 0 Å². The van der Waals surface area contributed by atoms with E-state index in [1.807, 2.05) is 49.4 Å². The maximum Gasteiger partial charge on any atom is 0.181 e. The molecule has 0 spiro atoms. The van der Waals surface area contributed by atoms with E-state index < -0.39 is 0 Å². The van der Waals surface area contributed by atoms with E-state index in [2.05, 4.69) is 4.98 Å². The number of oxazole rings is 1. The van der Waals surface area contributed by atoms with Crippen LogP contribution in [-0.4, -0.2) is 11.6 Å². The molecule has 3 nitrogen and oxygen atoms in total. The Labute approximate surface area is 105 Å². The summed E-state index contributed by atoms with van der Waals surface area (Å²) in [5, 5.41) is 0. The highest BCUT2D eigenvalue weighted by molar-refractivity contribution is 5.79. The van der Waals surface area contributed by atoms with E-state index in [9.17, 15) is 0 Å². The molecule has 0 atom stereocenters. The molecular weight excluding hydrogens is 226 g/mol. The Hall–Kier alpha value is -2.29. The minimum absolute atomic E-state index is 0.684. The maximum atomic E-state index is 5.43. The number of fused-ring (bicyclic) bond motifs is 1. The van der Waals surface area contributed by atoms with Gasteiger partial charge in [-0.05, 0) is 42.3 Å². The molecule has 0 aliphatic heterocycles. The highest BCUT2D eigenvalue weighted by atomic mass is 16.5. The molecule has 90 valence electrons. The molecule has 1 aromatic heterocycles. The van der Waals surface area contributed by atoms with Crippen molar-refractivity contribution in [3.8, 4) is 16.9 Å². The first-order chi connectivity index (χ1) is 8.86. The van der Waals surface area contributed by atoms with Gasteiger partial charge < -0.3 is 9.15 Å². The van der Waals surface area contributed by atoms with Crippen molar-refractivity contribution in [3.05, 3.63) is 48.9 Å². The lowest BCUT2D eigenvalue weighted by atomic mass is 10.1. The Bertz CT molecular complexity index is 656. The smallest absolute Gasteiger partial charge is 0.181 e. The van der Waals surface area contributed by atoms with Crippen molar-refractivity contribution >= 4 is 11.1 Å². The Kier molecular flexibility index (Phi) is 2.73. The first-order valence-corrected chi connectivity index (χ1v) is 5.93. The van der Waals surface area contributed by atoms with E-state index in [1.165, 1.54) is 6.39 Å². The van der Waals surface area contributed by atoms with Gasteiger partial charge in [0.2, 0.25) is 0 Å². The first kappa shape index (κ1) is 10.8. The Morgan fingerprint density at radius 1 is 1.06 bits per heavy atom. The zero-order chi connectivity index (χ0) is 12.4. The summed E-state index contributed by atoms with van der Waals surface area (Å²) < 4.78 is 10.7. The van der Waals surface area contributed by atoms with Crippen LogP contribution in [0.25, 0.3) is 22.2 Å². The number of aromatic nitrogens is 1. The molecule has 1 heterocycles. The quantitative estimate of drug-likeness (QED) is 0.695. The maximum absolute atomic E-state index is 5.43. The van der Waals surface area contributed by atoms with Crippen LogP contribution in [0.2, 0.25) is 0 Å². The molecule has 3 aromatic rings. The molecule has 0 saturated heterocycles. The molecular formula is C15H13NO2. The van der Waals surface area contributed by atoms with E-state index in [1.54, 1.807) is 0 Å². The van der Waals surface area contributed by atoms with E-state index in [0.29, 0.717) is 6.61 Å². The summed E-state index contributed by atoms with van der Waals surface area (Å²) in [6.07, 6.45) is 1.46. The van der Waals surface area contributed by atoms with Gasteiger partial charge in [0.25, 0.3) is 0 Å². The van der Waals surface area contributed by atoms with Crippen LogP contribution in [0.5, 0.6) is 5.75 Å². The third kappa shape index (κ3) is 1.95. The van der Waals surface area contributed by atoms with Gasteiger partial charge in [-0.2, -0.15) is 0 Å². The molecule has 3 heteroatoms. The summed E-state index contributed by atoms with van der Waals surface area (Å²) in [5.41, 5.74) is 3.94. The number of nitrogens with zero attached hydrogens (tertiary/aromatic N) is 1. The number of benzene rings is 2. The van der Waals surface area contributed by atoms with Gasteiger partial charge in [0.1, 0.15) is 11.3 Å². The van der Waals surface area contributed by atoms with E-state index >= 15 is 0 Å². The molecule has 0 bridgehead atoms. The van der Waals surface area contributed by atoms with Crippen LogP contribution in [0.4, 0.5) is 0 Å². The van der Waals surface area contributed by atoms with Gasteiger partial charge in [-0.15, -0.1) is 0 Å². The second-order valence-electron chi connectivity index (χ2n) is 3.99. The van der Waals surface area contributed by atoms with Crippen LogP contribution in [0.3, 0.4) is 0 Å². The molecule has 0 saturated carbocycles. The van der Waals surface area contributed by atoms with Crippen LogP contribution in [0.15, 0.2) is 53.3 Å². The van der Waals surface area contributed by atoms with Crippen LogP contribution in [0.1, 0.15) is 6.92 Å². The minimum Gasteiger partial charge on any atom is -0.494 e. The van der Waals surface area contributed by atoms with E-state index in [4.69, 9.17) is 9.15 Å². The lowest BCUT2D eigenvalue weighted by Gasteiger charge is -2.05. The van der Waals surface area contributed by atoms with Gasteiger partial charge >= 0.3 is 0 Å². The largest absolute Gasteiger partial charge is 0.494 e. The molecule has 0 unspecified atom stereocenters. The van der Waals surface area contributed by atoms with Crippen molar-refractivity contribution in [2.75, 3.05) is 6.61 Å². The molecule has 0 aliphatic carbocycles. The van der Waals surface area contributed by atoms with Crippen LogP contribution in [0, 0.1) is 0 Å². The second kappa shape index (κ2) is 4.53. The lowest BCUT2D eigenvalue weighted by Crippen LogP contribution is -1.90. The van der Waals surface area contributed by atoms with Gasteiger partial charge in [-0.25, -0.2) is 4.98 Å². The first-order valence-electron chi connectivity index (χ1n) is 5.93. The fourth-order valence-electron chi connectivity index (χ4n) is 1.94. The van der Waals surface area contributed by atoms with E-state index in [0.717, 1.165) is 28.0 Å². The van der Waals surface area contributed by atoms with Crippen molar-refractivity contribution in [3.63, 3.8) is 0 Å². The van der Waals surface area contributed by atoms with Crippen molar-refractivity contribution in [1.29, 1.82) is 0 Å². The van der Waals surface area contributed by atoms with Gasteiger partial charge in [0.05, 0.1) is 6.61 Å². The summed E-state index contributed by atoms with van der Waals surface area (Å²) in [6.45, 7) is 2.66. The van der Waals surface area contributed by atoms with Crippen molar-refractivity contribution in [1.82, 2.24) is 4.98 Å². The summed E-state index contributed by atoms with van der Waals surface area (Å²) in [5.74, 6) is 0.891. The average Bonchev–Trinajstić information content (AvgIpc) is 2.87. The Balaban J connectivity index is 1.97. The van der Waals surface area contributed by atoms with Gasteiger partial charge in [0, 0.05) is 0 Å². The van der Waals surface area contributed by atoms with Crippen LogP contribution < -0.4 is 4.74 Å². The normalized spacial score (nSPS) is 10.7. The molecule has 0 amide bonds.